The van der Waals surface area contributed by atoms with Crippen molar-refractivity contribution in [2.75, 3.05) is 14.2 Å². The van der Waals surface area contributed by atoms with Crippen molar-refractivity contribution in [3.8, 4) is 17.2 Å². The zero-order chi connectivity index (χ0) is 17.5. The monoisotopic (exact) mass is 334 g/mol. The SMILES string of the molecule is COc1ccc(Cc2ccc(OCc3ccccc3)cc2)c(OC)c1. The fraction of sp³-hybridized carbons (Fsp3) is 0.182. The first-order valence-electron chi connectivity index (χ1n) is 8.25. The summed E-state index contributed by atoms with van der Waals surface area (Å²) in [4.78, 5) is 0. The maximum Gasteiger partial charge on any atom is 0.126 e. The highest BCUT2D eigenvalue weighted by atomic mass is 16.5. The molecule has 128 valence electrons. The first-order chi connectivity index (χ1) is 12.3. The summed E-state index contributed by atoms with van der Waals surface area (Å²) < 4.78 is 16.5. The highest BCUT2D eigenvalue weighted by Crippen LogP contribution is 2.27. The van der Waals surface area contributed by atoms with Crippen LogP contribution in [0.2, 0.25) is 0 Å². The molecule has 0 bridgehead atoms. The van der Waals surface area contributed by atoms with E-state index < -0.39 is 0 Å². The molecule has 3 rings (SSSR count). The van der Waals surface area contributed by atoms with Crippen molar-refractivity contribution in [1.82, 2.24) is 0 Å². The minimum absolute atomic E-state index is 0.576. The fourth-order valence-electron chi connectivity index (χ4n) is 2.66. The third-order valence-corrected chi connectivity index (χ3v) is 4.06. The standard InChI is InChI=1S/C22H22O3/c1-23-21-13-10-19(22(15-21)24-2)14-17-8-11-20(12-9-17)25-16-18-6-4-3-5-7-18/h3-13,15H,14,16H2,1-2H3. The predicted molar refractivity (Wildman–Crippen MR) is 99.6 cm³/mol. The average molecular weight is 334 g/mol. The van der Waals surface area contributed by atoms with Crippen molar-refractivity contribution < 1.29 is 14.2 Å². The molecule has 0 aliphatic carbocycles. The first-order valence-corrected chi connectivity index (χ1v) is 8.25. The predicted octanol–water partition coefficient (Wildman–Crippen LogP) is 4.87. The van der Waals surface area contributed by atoms with Gasteiger partial charge in [0.2, 0.25) is 0 Å². The molecular weight excluding hydrogens is 312 g/mol. The van der Waals surface area contributed by atoms with Crippen molar-refractivity contribution in [2.24, 2.45) is 0 Å². The highest BCUT2D eigenvalue weighted by Gasteiger charge is 2.06. The Kier molecular flexibility index (Phi) is 5.57. The third kappa shape index (κ3) is 4.54. The van der Waals surface area contributed by atoms with Crippen molar-refractivity contribution in [1.29, 1.82) is 0 Å². The van der Waals surface area contributed by atoms with E-state index in [4.69, 9.17) is 14.2 Å². The zero-order valence-corrected chi connectivity index (χ0v) is 14.6. The molecule has 0 atom stereocenters. The lowest BCUT2D eigenvalue weighted by Gasteiger charge is -2.11. The highest BCUT2D eigenvalue weighted by molar-refractivity contribution is 5.43. The van der Waals surface area contributed by atoms with Gasteiger partial charge in [0.15, 0.2) is 0 Å². The van der Waals surface area contributed by atoms with E-state index in [0.717, 1.165) is 34.8 Å². The summed E-state index contributed by atoms with van der Waals surface area (Å²) in [6.07, 6.45) is 0.798. The van der Waals surface area contributed by atoms with Gasteiger partial charge < -0.3 is 14.2 Å². The van der Waals surface area contributed by atoms with Crippen molar-refractivity contribution in [3.63, 3.8) is 0 Å². The quantitative estimate of drug-likeness (QED) is 0.617. The van der Waals surface area contributed by atoms with Crippen LogP contribution in [-0.2, 0) is 13.0 Å². The minimum atomic E-state index is 0.576. The molecule has 0 spiro atoms. The summed E-state index contributed by atoms with van der Waals surface area (Å²) in [7, 11) is 3.33. The van der Waals surface area contributed by atoms with E-state index in [2.05, 4.69) is 24.3 Å². The van der Waals surface area contributed by atoms with Gasteiger partial charge in [0.25, 0.3) is 0 Å². The van der Waals surface area contributed by atoms with Gasteiger partial charge in [-0.1, -0.05) is 48.5 Å². The summed E-state index contributed by atoms with van der Waals surface area (Å²) in [6.45, 7) is 0.576. The van der Waals surface area contributed by atoms with Crippen LogP contribution in [0.25, 0.3) is 0 Å². The van der Waals surface area contributed by atoms with Gasteiger partial charge in [0.1, 0.15) is 23.9 Å². The Balaban J connectivity index is 1.64. The second kappa shape index (κ2) is 8.25. The molecule has 0 aliphatic heterocycles. The fourth-order valence-corrected chi connectivity index (χ4v) is 2.66. The summed E-state index contributed by atoms with van der Waals surface area (Å²) in [5, 5.41) is 0. The number of benzene rings is 3. The molecule has 0 saturated carbocycles. The molecular formula is C22H22O3. The van der Waals surface area contributed by atoms with Gasteiger partial charge in [-0.3, -0.25) is 0 Å². The summed E-state index contributed by atoms with van der Waals surface area (Å²) in [5.41, 5.74) is 3.49. The van der Waals surface area contributed by atoms with Gasteiger partial charge in [0.05, 0.1) is 14.2 Å². The van der Waals surface area contributed by atoms with Crippen LogP contribution >= 0.6 is 0 Å². The lowest BCUT2D eigenvalue weighted by atomic mass is 10.0. The van der Waals surface area contributed by atoms with Crippen LogP contribution in [0.4, 0.5) is 0 Å². The molecule has 0 N–H and O–H groups in total. The van der Waals surface area contributed by atoms with Gasteiger partial charge in [-0.25, -0.2) is 0 Å². The molecule has 3 heteroatoms. The molecule has 0 amide bonds. The average Bonchev–Trinajstić information content (AvgIpc) is 2.68. The Morgan fingerprint density at radius 2 is 1.40 bits per heavy atom. The van der Waals surface area contributed by atoms with Gasteiger partial charge >= 0.3 is 0 Å². The lowest BCUT2D eigenvalue weighted by molar-refractivity contribution is 0.306. The second-order valence-corrected chi connectivity index (χ2v) is 5.77. The summed E-state index contributed by atoms with van der Waals surface area (Å²) in [6, 6.07) is 24.3. The van der Waals surface area contributed by atoms with Crippen LogP contribution in [-0.4, -0.2) is 14.2 Å². The van der Waals surface area contributed by atoms with E-state index >= 15 is 0 Å². The Morgan fingerprint density at radius 1 is 0.680 bits per heavy atom. The Hall–Kier alpha value is -2.94. The van der Waals surface area contributed by atoms with Crippen LogP contribution in [0.15, 0.2) is 72.8 Å². The van der Waals surface area contributed by atoms with E-state index in [1.54, 1.807) is 14.2 Å². The number of hydrogen-bond donors (Lipinski definition) is 0. The van der Waals surface area contributed by atoms with E-state index in [9.17, 15) is 0 Å². The molecule has 0 fully saturated rings. The molecule has 0 heterocycles. The molecule has 3 nitrogen and oxygen atoms in total. The van der Waals surface area contributed by atoms with Crippen LogP contribution < -0.4 is 14.2 Å². The lowest BCUT2D eigenvalue weighted by Crippen LogP contribution is -1.97. The Labute approximate surface area is 148 Å². The molecule has 0 saturated heterocycles. The van der Waals surface area contributed by atoms with E-state index in [0.29, 0.717) is 6.61 Å². The molecule has 0 aliphatic rings. The third-order valence-electron chi connectivity index (χ3n) is 4.06. The number of hydrogen-bond acceptors (Lipinski definition) is 3. The number of methoxy groups -OCH3 is 2. The van der Waals surface area contributed by atoms with E-state index in [1.165, 1.54) is 5.56 Å². The molecule has 0 radical (unpaired) electrons. The van der Waals surface area contributed by atoms with Crippen LogP contribution in [0.3, 0.4) is 0 Å². The molecule has 3 aromatic carbocycles. The van der Waals surface area contributed by atoms with Crippen LogP contribution in [0, 0.1) is 0 Å². The van der Waals surface area contributed by atoms with Gasteiger partial charge in [-0.15, -0.1) is 0 Å². The molecule has 0 unspecified atom stereocenters. The summed E-state index contributed by atoms with van der Waals surface area (Å²) >= 11 is 0. The topological polar surface area (TPSA) is 27.7 Å². The number of ether oxygens (including phenoxy) is 3. The van der Waals surface area contributed by atoms with Gasteiger partial charge in [-0.2, -0.15) is 0 Å². The number of rotatable bonds is 7. The van der Waals surface area contributed by atoms with Gasteiger partial charge in [-0.05, 0) is 34.9 Å². The minimum Gasteiger partial charge on any atom is -0.497 e. The van der Waals surface area contributed by atoms with Crippen LogP contribution in [0.5, 0.6) is 17.2 Å². The van der Waals surface area contributed by atoms with Crippen LogP contribution in [0.1, 0.15) is 16.7 Å². The molecule has 25 heavy (non-hydrogen) atoms. The van der Waals surface area contributed by atoms with Crippen molar-refractivity contribution in [2.45, 2.75) is 13.0 Å². The molecule has 3 aromatic rings. The summed E-state index contributed by atoms with van der Waals surface area (Å²) in [5.74, 6) is 2.50. The van der Waals surface area contributed by atoms with Crippen molar-refractivity contribution in [3.05, 3.63) is 89.5 Å². The smallest absolute Gasteiger partial charge is 0.126 e. The van der Waals surface area contributed by atoms with Crippen molar-refractivity contribution >= 4 is 0 Å². The maximum absolute atomic E-state index is 5.83. The second-order valence-electron chi connectivity index (χ2n) is 5.77. The van der Waals surface area contributed by atoms with Gasteiger partial charge in [0, 0.05) is 12.5 Å². The maximum atomic E-state index is 5.83. The normalized spacial score (nSPS) is 10.3. The Morgan fingerprint density at radius 3 is 2.08 bits per heavy atom. The largest absolute Gasteiger partial charge is 0.497 e. The van der Waals surface area contributed by atoms with E-state index in [-0.39, 0.29) is 0 Å². The Bertz CT molecular complexity index is 795. The zero-order valence-electron chi connectivity index (χ0n) is 14.6. The first kappa shape index (κ1) is 16.9. The van der Waals surface area contributed by atoms with E-state index in [1.807, 2.05) is 48.5 Å². The molecule has 0 aromatic heterocycles.